The summed E-state index contributed by atoms with van der Waals surface area (Å²) in [5.74, 6) is 1.03. The summed E-state index contributed by atoms with van der Waals surface area (Å²) in [5.41, 5.74) is 4.37. The Morgan fingerprint density at radius 2 is 1.71 bits per heavy atom. The largest absolute Gasteiger partial charge is 0.494 e. The van der Waals surface area contributed by atoms with Crippen LogP contribution in [0, 0.1) is 0 Å². The van der Waals surface area contributed by atoms with Crippen molar-refractivity contribution < 1.29 is 23.8 Å². The molecule has 0 atom stereocenters. The summed E-state index contributed by atoms with van der Waals surface area (Å²) in [6.07, 6.45) is 3.97. The second-order valence-electron chi connectivity index (χ2n) is 7.61. The zero-order valence-corrected chi connectivity index (χ0v) is 19.2. The molecule has 1 aliphatic heterocycles. The van der Waals surface area contributed by atoms with Crippen LogP contribution < -0.4 is 25.0 Å². The molecule has 0 bridgehead atoms. The molecule has 4 rings (SSSR count). The van der Waals surface area contributed by atoms with E-state index in [4.69, 9.17) is 14.2 Å². The van der Waals surface area contributed by atoms with Gasteiger partial charge in [-0.2, -0.15) is 5.10 Å². The molecule has 2 N–H and O–H groups in total. The average molecular weight is 472 g/mol. The van der Waals surface area contributed by atoms with E-state index in [9.17, 15) is 9.59 Å². The lowest BCUT2D eigenvalue weighted by molar-refractivity contribution is -0.117. The number of benzene rings is 3. The minimum atomic E-state index is -0.572. The summed E-state index contributed by atoms with van der Waals surface area (Å²) in [6.45, 7) is 2.83. The highest BCUT2D eigenvalue weighted by Gasteiger charge is 2.15. The number of carbonyl (C=O) groups excluding carboxylic acids is 2. The number of nitrogens with zero attached hydrogens (tertiary/aromatic N) is 1. The van der Waals surface area contributed by atoms with Gasteiger partial charge in [-0.25, -0.2) is 5.43 Å². The van der Waals surface area contributed by atoms with Crippen LogP contribution in [-0.4, -0.2) is 31.4 Å². The first-order valence-electron chi connectivity index (χ1n) is 11.2. The van der Waals surface area contributed by atoms with E-state index in [1.165, 1.54) is 6.21 Å². The lowest BCUT2D eigenvalue weighted by Crippen LogP contribution is -2.32. The Bertz CT molecular complexity index is 1240. The fraction of sp³-hybridized carbons (Fsp3) is 0.148. The molecule has 1 heterocycles. The van der Waals surface area contributed by atoms with Crippen molar-refractivity contribution in [3.8, 4) is 17.2 Å². The van der Waals surface area contributed by atoms with Crippen molar-refractivity contribution in [3.05, 3.63) is 95.2 Å². The van der Waals surface area contributed by atoms with Crippen LogP contribution in [0.3, 0.4) is 0 Å². The van der Waals surface area contributed by atoms with Gasteiger partial charge in [0.1, 0.15) is 11.4 Å². The molecule has 0 saturated carbocycles. The van der Waals surface area contributed by atoms with E-state index >= 15 is 0 Å². The van der Waals surface area contributed by atoms with Crippen molar-refractivity contribution in [2.75, 3.05) is 13.4 Å². The third kappa shape index (κ3) is 6.48. The van der Waals surface area contributed by atoms with Crippen molar-refractivity contribution in [2.45, 2.75) is 13.3 Å². The molecule has 35 heavy (non-hydrogen) atoms. The Labute approximate surface area is 203 Å². The normalized spacial score (nSPS) is 12.4. The number of nitrogens with one attached hydrogen (secondary N) is 2. The second-order valence-corrected chi connectivity index (χ2v) is 7.61. The smallest absolute Gasteiger partial charge is 0.287 e. The molecule has 2 amide bonds. The van der Waals surface area contributed by atoms with Crippen LogP contribution in [0.4, 0.5) is 0 Å². The van der Waals surface area contributed by atoms with E-state index in [2.05, 4.69) is 15.8 Å². The van der Waals surface area contributed by atoms with Gasteiger partial charge in [0.25, 0.3) is 11.8 Å². The number of hydrogen-bond acceptors (Lipinski definition) is 6. The number of amides is 2. The van der Waals surface area contributed by atoms with Crippen molar-refractivity contribution >= 4 is 24.1 Å². The molecule has 178 valence electrons. The molecule has 0 unspecified atom stereocenters. The van der Waals surface area contributed by atoms with E-state index in [1.54, 1.807) is 48.5 Å². The van der Waals surface area contributed by atoms with Gasteiger partial charge in [-0.3, -0.25) is 9.59 Å². The maximum absolute atomic E-state index is 12.9. The topological polar surface area (TPSA) is 98.2 Å². The molecule has 1 aliphatic rings. The van der Waals surface area contributed by atoms with Gasteiger partial charge in [0.15, 0.2) is 11.5 Å². The van der Waals surface area contributed by atoms with Gasteiger partial charge in [-0.1, -0.05) is 37.3 Å². The maximum Gasteiger partial charge on any atom is 0.287 e. The van der Waals surface area contributed by atoms with Crippen molar-refractivity contribution in [1.29, 1.82) is 0 Å². The van der Waals surface area contributed by atoms with Gasteiger partial charge in [0.05, 0.1) is 12.8 Å². The number of hydrazone groups is 1. The predicted octanol–water partition coefficient (Wildman–Crippen LogP) is 4.13. The van der Waals surface area contributed by atoms with Gasteiger partial charge in [-0.15, -0.1) is 0 Å². The van der Waals surface area contributed by atoms with Crippen molar-refractivity contribution in [1.82, 2.24) is 10.7 Å². The summed E-state index contributed by atoms with van der Waals surface area (Å²) in [6, 6.07) is 21.2. The Balaban J connectivity index is 1.50. The van der Waals surface area contributed by atoms with Crippen LogP contribution in [0.25, 0.3) is 6.08 Å². The van der Waals surface area contributed by atoms with E-state index in [0.29, 0.717) is 29.2 Å². The highest BCUT2D eigenvalue weighted by molar-refractivity contribution is 6.05. The molecule has 8 heteroatoms. The molecule has 3 aromatic rings. The van der Waals surface area contributed by atoms with Crippen molar-refractivity contribution in [2.24, 2.45) is 5.10 Å². The minimum absolute atomic E-state index is 0.0453. The third-order valence-electron chi connectivity index (χ3n) is 4.97. The van der Waals surface area contributed by atoms with Gasteiger partial charge in [0.2, 0.25) is 6.79 Å². The Hall–Kier alpha value is -4.59. The third-order valence-corrected chi connectivity index (χ3v) is 4.97. The molecule has 0 radical (unpaired) electrons. The molecular formula is C27H25N3O5. The highest BCUT2D eigenvalue weighted by atomic mass is 16.7. The maximum atomic E-state index is 12.9. The molecule has 0 aromatic heterocycles. The van der Waals surface area contributed by atoms with E-state index in [-0.39, 0.29) is 12.5 Å². The van der Waals surface area contributed by atoms with Crippen LogP contribution in [0.2, 0.25) is 0 Å². The number of rotatable bonds is 9. The van der Waals surface area contributed by atoms with Crippen molar-refractivity contribution in [3.63, 3.8) is 0 Å². The predicted molar refractivity (Wildman–Crippen MR) is 132 cm³/mol. The van der Waals surface area contributed by atoms with Gasteiger partial charge >= 0.3 is 0 Å². The van der Waals surface area contributed by atoms with Crippen LogP contribution in [0.1, 0.15) is 34.8 Å². The summed E-state index contributed by atoms with van der Waals surface area (Å²) in [4.78, 5) is 25.6. The molecule has 0 aliphatic carbocycles. The fourth-order valence-corrected chi connectivity index (χ4v) is 3.21. The van der Waals surface area contributed by atoms with Crippen LogP contribution in [-0.2, 0) is 4.79 Å². The summed E-state index contributed by atoms with van der Waals surface area (Å²) >= 11 is 0. The van der Waals surface area contributed by atoms with Crippen LogP contribution in [0.5, 0.6) is 17.2 Å². The fourth-order valence-electron chi connectivity index (χ4n) is 3.21. The summed E-state index contributed by atoms with van der Waals surface area (Å²) in [5, 5.41) is 6.71. The highest BCUT2D eigenvalue weighted by Crippen LogP contribution is 2.31. The first kappa shape index (κ1) is 23.6. The number of ether oxygens (including phenoxy) is 3. The average Bonchev–Trinajstić information content (AvgIpc) is 3.36. The number of carbonyl (C=O) groups is 2. The summed E-state index contributed by atoms with van der Waals surface area (Å²) in [7, 11) is 0. The first-order valence-corrected chi connectivity index (χ1v) is 11.2. The van der Waals surface area contributed by atoms with Gasteiger partial charge in [-0.05, 0) is 66.1 Å². The first-order chi connectivity index (χ1) is 17.1. The molecule has 0 spiro atoms. The van der Waals surface area contributed by atoms with E-state index < -0.39 is 11.8 Å². The van der Waals surface area contributed by atoms with E-state index in [1.807, 2.05) is 37.3 Å². The summed E-state index contributed by atoms with van der Waals surface area (Å²) < 4.78 is 16.2. The lowest BCUT2D eigenvalue weighted by atomic mass is 10.1. The minimum Gasteiger partial charge on any atom is -0.494 e. The molecule has 0 saturated heterocycles. The molecule has 8 nitrogen and oxygen atoms in total. The zero-order chi connectivity index (χ0) is 24.5. The van der Waals surface area contributed by atoms with Crippen LogP contribution in [0.15, 0.2) is 83.6 Å². The Kier molecular flexibility index (Phi) is 7.75. The monoisotopic (exact) mass is 471 g/mol. The second kappa shape index (κ2) is 11.5. The lowest BCUT2D eigenvalue weighted by Gasteiger charge is -2.10. The van der Waals surface area contributed by atoms with E-state index in [0.717, 1.165) is 17.7 Å². The quantitative estimate of drug-likeness (QED) is 0.278. The SMILES string of the molecule is CCCOc1ccc(/C=C(\NC(=O)c2ccccc2)C(=O)N/N=C/c2ccc3c(c2)OCO3)cc1. The standard InChI is InChI=1S/C27H25N3O5/c1-2-14-33-22-11-8-19(9-12-22)15-23(29-26(31)21-6-4-3-5-7-21)27(32)30-28-17-20-10-13-24-25(16-20)35-18-34-24/h3-13,15-17H,2,14,18H2,1H3,(H,29,31)(H,30,32)/b23-15-,28-17+. The van der Waals surface area contributed by atoms with Crippen LogP contribution >= 0.6 is 0 Å². The Morgan fingerprint density at radius 3 is 2.49 bits per heavy atom. The molecule has 0 fully saturated rings. The van der Waals surface area contributed by atoms with Gasteiger partial charge in [0, 0.05) is 5.56 Å². The zero-order valence-electron chi connectivity index (χ0n) is 19.2. The van der Waals surface area contributed by atoms with Gasteiger partial charge < -0.3 is 19.5 Å². The molecular weight excluding hydrogens is 446 g/mol. The number of fused-ring (bicyclic) bond motifs is 1. The number of hydrogen-bond donors (Lipinski definition) is 2. The Morgan fingerprint density at radius 1 is 0.971 bits per heavy atom. The molecule has 3 aromatic carbocycles.